The minimum atomic E-state index is -0.238. The summed E-state index contributed by atoms with van der Waals surface area (Å²) in [5.41, 5.74) is 6.45. The Balaban J connectivity index is 3.03. The number of aromatic amines is 1. The Morgan fingerprint density at radius 2 is 2.15 bits per heavy atom. The van der Waals surface area contributed by atoms with E-state index < -0.39 is 0 Å². The molecule has 2 rings (SSSR count). The number of pyridine rings is 1. The van der Waals surface area contributed by atoms with Gasteiger partial charge in [-0.25, -0.2) is 0 Å². The molecule has 2 aromatic rings. The van der Waals surface area contributed by atoms with E-state index in [4.69, 9.17) is 17.3 Å². The van der Waals surface area contributed by atoms with Gasteiger partial charge in [-0.1, -0.05) is 23.7 Å². The van der Waals surface area contributed by atoms with Crippen molar-refractivity contribution < 1.29 is 0 Å². The van der Waals surface area contributed by atoms with Crippen LogP contribution in [0, 0.1) is 0 Å². The third-order valence-electron chi connectivity index (χ3n) is 1.86. The third kappa shape index (κ3) is 1.27. The largest absolute Gasteiger partial charge is 0.398 e. The van der Waals surface area contributed by atoms with Gasteiger partial charge in [-0.05, 0) is 6.07 Å². The van der Waals surface area contributed by atoms with Gasteiger partial charge in [0.05, 0.1) is 10.5 Å². The van der Waals surface area contributed by atoms with E-state index in [0.717, 1.165) is 5.39 Å². The monoisotopic (exact) mass is 194 g/mol. The molecular weight excluding hydrogens is 188 g/mol. The Morgan fingerprint density at radius 1 is 1.38 bits per heavy atom. The number of anilines is 1. The van der Waals surface area contributed by atoms with E-state index in [1.165, 1.54) is 6.07 Å². The van der Waals surface area contributed by atoms with E-state index in [0.29, 0.717) is 16.2 Å². The van der Waals surface area contributed by atoms with Crippen LogP contribution < -0.4 is 11.3 Å². The molecule has 0 unspecified atom stereocenters. The molecule has 4 heteroatoms. The van der Waals surface area contributed by atoms with Crippen LogP contribution in [0.25, 0.3) is 10.9 Å². The van der Waals surface area contributed by atoms with Crippen molar-refractivity contribution >= 4 is 28.2 Å². The first-order chi connectivity index (χ1) is 6.18. The molecule has 0 saturated heterocycles. The molecule has 0 bridgehead atoms. The van der Waals surface area contributed by atoms with Crippen molar-refractivity contribution in [3.63, 3.8) is 0 Å². The fraction of sp³-hybridized carbons (Fsp3) is 0. The number of aromatic nitrogens is 1. The molecule has 3 nitrogen and oxygen atoms in total. The van der Waals surface area contributed by atoms with E-state index >= 15 is 0 Å². The van der Waals surface area contributed by atoms with Gasteiger partial charge >= 0.3 is 0 Å². The van der Waals surface area contributed by atoms with Crippen LogP contribution >= 0.6 is 11.6 Å². The molecule has 66 valence electrons. The number of fused-ring (bicyclic) bond motifs is 1. The fourth-order valence-corrected chi connectivity index (χ4v) is 1.49. The smallest absolute Gasteiger partial charge is 0.250 e. The lowest BCUT2D eigenvalue weighted by atomic mass is 10.2. The lowest BCUT2D eigenvalue weighted by Crippen LogP contribution is -2.06. The number of hydrogen-bond donors (Lipinski definition) is 2. The summed E-state index contributed by atoms with van der Waals surface area (Å²) in [5, 5.41) is 1.27. The number of halogens is 1. The van der Waals surface area contributed by atoms with E-state index in [-0.39, 0.29) is 5.56 Å². The first-order valence-electron chi connectivity index (χ1n) is 3.75. The van der Waals surface area contributed by atoms with Gasteiger partial charge in [0, 0.05) is 17.1 Å². The Hall–Kier alpha value is -1.48. The van der Waals surface area contributed by atoms with Gasteiger partial charge in [0.1, 0.15) is 0 Å². The van der Waals surface area contributed by atoms with Gasteiger partial charge in [0.25, 0.3) is 5.56 Å². The molecule has 0 radical (unpaired) electrons. The number of nitrogens with two attached hydrogens (primary N) is 1. The van der Waals surface area contributed by atoms with E-state index in [9.17, 15) is 4.79 Å². The molecule has 0 aliphatic rings. The van der Waals surface area contributed by atoms with E-state index in [2.05, 4.69) is 4.98 Å². The highest BCUT2D eigenvalue weighted by molar-refractivity contribution is 6.35. The van der Waals surface area contributed by atoms with Crippen LogP contribution in [0.15, 0.2) is 29.1 Å². The summed E-state index contributed by atoms with van der Waals surface area (Å²) in [5.74, 6) is 0. The van der Waals surface area contributed by atoms with Gasteiger partial charge in [0.15, 0.2) is 0 Å². The predicted octanol–water partition coefficient (Wildman–Crippen LogP) is 1.76. The molecule has 1 aromatic carbocycles. The molecular formula is C9H7ClN2O. The van der Waals surface area contributed by atoms with Crippen molar-refractivity contribution in [2.45, 2.75) is 0 Å². The van der Waals surface area contributed by atoms with Crippen LogP contribution in [0.4, 0.5) is 5.69 Å². The summed E-state index contributed by atoms with van der Waals surface area (Å²) in [6.07, 6.45) is 0. The third-order valence-corrected chi connectivity index (χ3v) is 2.17. The molecule has 0 aliphatic carbocycles. The SMILES string of the molecule is Nc1cc(=O)[nH]c2c(Cl)cccc12. The van der Waals surface area contributed by atoms with Crippen molar-refractivity contribution in [1.82, 2.24) is 4.98 Å². The van der Waals surface area contributed by atoms with Gasteiger partial charge < -0.3 is 10.7 Å². The average Bonchev–Trinajstić information content (AvgIpc) is 2.07. The summed E-state index contributed by atoms with van der Waals surface area (Å²) in [6.45, 7) is 0. The van der Waals surface area contributed by atoms with Gasteiger partial charge in [-0.2, -0.15) is 0 Å². The summed E-state index contributed by atoms with van der Waals surface area (Å²) in [4.78, 5) is 13.7. The maximum Gasteiger partial charge on any atom is 0.250 e. The average molecular weight is 195 g/mol. The Kier molecular flexibility index (Phi) is 1.74. The van der Waals surface area contributed by atoms with Crippen LogP contribution in [-0.4, -0.2) is 4.98 Å². The number of benzene rings is 1. The van der Waals surface area contributed by atoms with Crippen LogP contribution in [0.1, 0.15) is 0 Å². The fourth-order valence-electron chi connectivity index (χ4n) is 1.27. The van der Waals surface area contributed by atoms with Crippen LogP contribution in [0.3, 0.4) is 0 Å². The van der Waals surface area contributed by atoms with Crippen LogP contribution in [0.5, 0.6) is 0 Å². The maximum atomic E-state index is 11.1. The summed E-state index contributed by atoms with van der Waals surface area (Å²) in [7, 11) is 0. The van der Waals surface area contributed by atoms with Gasteiger partial charge in [0.2, 0.25) is 0 Å². The van der Waals surface area contributed by atoms with Gasteiger partial charge in [-0.3, -0.25) is 4.79 Å². The second-order valence-electron chi connectivity index (χ2n) is 2.75. The van der Waals surface area contributed by atoms with E-state index in [1.54, 1.807) is 12.1 Å². The van der Waals surface area contributed by atoms with Crippen molar-refractivity contribution in [2.75, 3.05) is 5.73 Å². The molecule has 13 heavy (non-hydrogen) atoms. The highest BCUT2D eigenvalue weighted by Crippen LogP contribution is 2.23. The number of nitrogen functional groups attached to an aromatic ring is 1. The molecule has 0 spiro atoms. The zero-order chi connectivity index (χ0) is 9.42. The van der Waals surface area contributed by atoms with Crippen molar-refractivity contribution in [3.8, 4) is 0 Å². The number of nitrogens with one attached hydrogen (secondary N) is 1. The number of hydrogen-bond acceptors (Lipinski definition) is 2. The normalized spacial score (nSPS) is 10.5. The zero-order valence-corrected chi connectivity index (χ0v) is 7.43. The number of para-hydroxylation sites is 1. The molecule has 0 amide bonds. The first-order valence-corrected chi connectivity index (χ1v) is 4.13. The quantitative estimate of drug-likeness (QED) is 0.672. The van der Waals surface area contributed by atoms with Crippen molar-refractivity contribution in [3.05, 3.63) is 39.6 Å². The summed E-state index contributed by atoms with van der Waals surface area (Å²) >= 11 is 5.88. The Morgan fingerprint density at radius 3 is 2.92 bits per heavy atom. The predicted molar refractivity (Wildman–Crippen MR) is 54.0 cm³/mol. The summed E-state index contributed by atoms with van der Waals surface area (Å²) in [6, 6.07) is 6.66. The second-order valence-corrected chi connectivity index (χ2v) is 3.16. The number of rotatable bonds is 0. The minimum Gasteiger partial charge on any atom is -0.398 e. The zero-order valence-electron chi connectivity index (χ0n) is 6.67. The lowest BCUT2D eigenvalue weighted by molar-refractivity contribution is 1.31. The van der Waals surface area contributed by atoms with E-state index in [1.807, 2.05) is 6.07 Å². The number of H-pyrrole nitrogens is 1. The van der Waals surface area contributed by atoms with Crippen LogP contribution in [-0.2, 0) is 0 Å². The Bertz CT molecular complexity index is 518. The molecule has 1 aromatic heterocycles. The minimum absolute atomic E-state index is 0.238. The lowest BCUT2D eigenvalue weighted by Gasteiger charge is -2.01. The highest BCUT2D eigenvalue weighted by Gasteiger charge is 2.02. The Labute approximate surface area is 79.1 Å². The molecule has 0 fully saturated rings. The molecule has 0 saturated carbocycles. The second kappa shape index (κ2) is 2.78. The van der Waals surface area contributed by atoms with Crippen molar-refractivity contribution in [2.24, 2.45) is 0 Å². The molecule has 0 aliphatic heterocycles. The highest BCUT2D eigenvalue weighted by atomic mass is 35.5. The topological polar surface area (TPSA) is 58.9 Å². The molecule has 1 heterocycles. The summed E-state index contributed by atoms with van der Waals surface area (Å²) < 4.78 is 0. The molecule has 3 N–H and O–H groups in total. The molecule has 0 atom stereocenters. The maximum absolute atomic E-state index is 11.1. The van der Waals surface area contributed by atoms with Crippen LogP contribution in [0.2, 0.25) is 5.02 Å². The first kappa shape index (κ1) is 8.13. The standard InChI is InChI=1S/C9H7ClN2O/c10-6-3-1-2-5-7(11)4-8(13)12-9(5)6/h1-4H,(H3,11,12,13). The van der Waals surface area contributed by atoms with Gasteiger partial charge in [-0.15, -0.1) is 0 Å². The van der Waals surface area contributed by atoms with Crippen molar-refractivity contribution in [1.29, 1.82) is 0 Å².